The highest BCUT2D eigenvalue weighted by atomic mass is 79.9. The molecule has 0 spiro atoms. The number of alkyl halides is 2. The number of nitro benzene ring substituents is 1. The monoisotopic (exact) mass is 499 g/mol. The van der Waals surface area contributed by atoms with E-state index in [-0.39, 0.29) is 57.4 Å². The Kier molecular flexibility index (Phi) is 4.58. The number of carbonyl (C=O) groups excluding carboxylic acids is 3. The first-order chi connectivity index (χ1) is 12.8. The summed E-state index contributed by atoms with van der Waals surface area (Å²) in [4.78, 5) is 49.3. The van der Waals surface area contributed by atoms with Crippen molar-refractivity contribution in [3.8, 4) is 0 Å². The van der Waals surface area contributed by atoms with E-state index in [4.69, 9.17) is 0 Å². The number of hydrogen-bond acceptors (Lipinski definition) is 5. The molecule has 142 valence electrons. The van der Waals surface area contributed by atoms with Crippen LogP contribution in [-0.4, -0.2) is 43.7 Å². The molecule has 27 heavy (non-hydrogen) atoms. The molecule has 3 fully saturated rings. The van der Waals surface area contributed by atoms with Crippen LogP contribution in [0.1, 0.15) is 6.42 Å². The highest BCUT2D eigenvalue weighted by Gasteiger charge is 2.66. The van der Waals surface area contributed by atoms with Gasteiger partial charge in [-0.05, 0) is 30.4 Å². The van der Waals surface area contributed by atoms with Crippen molar-refractivity contribution in [2.24, 2.45) is 23.7 Å². The van der Waals surface area contributed by atoms with Crippen LogP contribution in [0.5, 0.6) is 0 Å². The molecule has 1 aromatic rings. The number of imide groups is 1. The van der Waals surface area contributed by atoms with Crippen molar-refractivity contribution in [3.05, 3.63) is 34.4 Å². The number of likely N-dealkylation sites (tertiary alicyclic amines) is 1. The third-order valence-electron chi connectivity index (χ3n) is 5.74. The lowest BCUT2D eigenvalue weighted by Crippen LogP contribution is -2.39. The summed E-state index contributed by atoms with van der Waals surface area (Å²) in [6.07, 6.45) is 0.835. The van der Waals surface area contributed by atoms with E-state index in [9.17, 15) is 24.5 Å². The number of nitrogens with zero attached hydrogens (tertiary/aromatic N) is 2. The molecule has 8 nitrogen and oxygen atoms in total. The van der Waals surface area contributed by atoms with Gasteiger partial charge < -0.3 is 5.32 Å². The van der Waals surface area contributed by atoms with Crippen LogP contribution in [0.4, 0.5) is 11.4 Å². The Balaban J connectivity index is 1.44. The first-order valence-corrected chi connectivity index (χ1v) is 10.3. The molecule has 2 aliphatic carbocycles. The molecular formula is C17H15Br2N3O5. The Morgan fingerprint density at radius 2 is 1.63 bits per heavy atom. The smallest absolute Gasteiger partial charge is 0.269 e. The summed E-state index contributed by atoms with van der Waals surface area (Å²) in [6, 6.07) is 5.36. The van der Waals surface area contributed by atoms with Crippen LogP contribution in [0.25, 0.3) is 0 Å². The number of benzene rings is 1. The van der Waals surface area contributed by atoms with Gasteiger partial charge in [-0.3, -0.25) is 29.4 Å². The van der Waals surface area contributed by atoms with Crippen molar-refractivity contribution in [2.75, 3.05) is 11.9 Å². The average molecular weight is 501 g/mol. The number of hydrogen-bond donors (Lipinski definition) is 1. The SMILES string of the molecule is O=C(CN1C(=O)[C@@H]2[C@H]3C[C@@H]([C@H](Br)[C@H]3Br)[C@@H]2C1=O)Nc1ccc([N+](=O)[O-])cc1. The number of amides is 3. The average Bonchev–Trinajstić information content (AvgIpc) is 3.23. The fourth-order valence-corrected chi connectivity index (χ4v) is 6.45. The lowest BCUT2D eigenvalue weighted by Gasteiger charge is -2.28. The van der Waals surface area contributed by atoms with E-state index in [1.165, 1.54) is 24.3 Å². The predicted molar refractivity (Wildman–Crippen MR) is 102 cm³/mol. The van der Waals surface area contributed by atoms with Gasteiger partial charge in [0.15, 0.2) is 0 Å². The van der Waals surface area contributed by atoms with Gasteiger partial charge in [-0.25, -0.2) is 0 Å². The van der Waals surface area contributed by atoms with E-state index in [2.05, 4.69) is 37.2 Å². The summed E-state index contributed by atoms with van der Waals surface area (Å²) < 4.78 is 0. The molecule has 1 saturated heterocycles. The number of nitrogens with one attached hydrogen (secondary N) is 1. The van der Waals surface area contributed by atoms with E-state index >= 15 is 0 Å². The minimum absolute atomic E-state index is 0.0881. The summed E-state index contributed by atoms with van der Waals surface area (Å²) in [7, 11) is 0. The third kappa shape index (κ3) is 2.89. The van der Waals surface area contributed by atoms with Crippen molar-refractivity contribution in [1.82, 2.24) is 4.90 Å². The van der Waals surface area contributed by atoms with E-state index in [1.807, 2.05) is 0 Å². The summed E-state index contributed by atoms with van der Waals surface area (Å²) in [5.41, 5.74) is 0.279. The molecular weight excluding hydrogens is 486 g/mol. The van der Waals surface area contributed by atoms with Crippen LogP contribution in [-0.2, 0) is 14.4 Å². The predicted octanol–water partition coefficient (Wildman–Crippen LogP) is 2.31. The second kappa shape index (κ2) is 6.66. The van der Waals surface area contributed by atoms with E-state index in [0.717, 1.165) is 11.3 Å². The van der Waals surface area contributed by atoms with Gasteiger partial charge >= 0.3 is 0 Å². The van der Waals surface area contributed by atoms with Crippen molar-refractivity contribution in [2.45, 2.75) is 16.1 Å². The molecule has 2 saturated carbocycles. The van der Waals surface area contributed by atoms with Gasteiger partial charge in [0.25, 0.3) is 5.69 Å². The molecule has 1 aliphatic heterocycles. The molecule has 6 atom stereocenters. The van der Waals surface area contributed by atoms with Crippen LogP contribution in [0.2, 0.25) is 0 Å². The number of halogens is 2. The van der Waals surface area contributed by atoms with Crippen LogP contribution in [0.3, 0.4) is 0 Å². The minimum atomic E-state index is -0.533. The van der Waals surface area contributed by atoms with Crippen LogP contribution < -0.4 is 5.32 Å². The first kappa shape index (κ1) is 18.5. The van der Waals surface area contributed by atoms with Gasteiger partial charge in [-0.1, -0.05) is 31.9 Å². The Morgan fingerprint density at radius 3 is 2.11 bits per heavy atom. The van der Waals surface area contributed by atoms with Gasteiger partial charge in [-0.2, -0.15) is 0 Å². The molecule has 3 amide bonds. The molecule has 10 heteroatoms. The van der Waals surface area contributed by atoms with Crippen molar-refractivity contribution >= 4 is 61.0 Å². The Labute approximate surface area is 171 Å². The van der Waals surface area contributed by atoms with Gasteiger partial charge in [0.2, 0.25) is 17.7 Å². The van der Waals surface area contributed by atoms with Crippen LogP contribution in [0.15, 0.2) is 24.3 Å². The molecule has 1 heterocycles. The second-order valence-corrected chi connectivity index (χ2v) is 9.23. The largest absolute Gasteiger partial charge is 0.325 e. The maximum absolute atomic E-state index is 12.8. The standard InChI is InChI=1S/C17H15Br2N3O5/c18-14-9-5-10(15(14)19)13-12(9)16(24)21(17(13)25)6-11(23)20-7-1-3-8(4-2-7)22(26)27/h1-4,9-10,12-15H,5-6H2,(H,20,23)/t9-,10-,12-,13+,14+,15+/m1/s1. The molecule has 1 N–H and O–H groups in total. The zero-order chi connectivity index (χ0) is 19.5. The lowest BCUT2D eigenvalue weighted by molar-refractivity contribution is -0.384. The highest BCUT2D eigenvalue weighted by molar-refractivity contribution is 9.12. The molecule has 0 radical (unpaired) electrons. The lowest BCUT2D eigenvalue weighted by atomic mass is 9.81. The number of anilines is 1. The molecule has 1 aromatic carbocycles. The van der Waals surface area contributed by atoms with Gasteiger partial charge in [0, 0.05) is 27.5 Å². The number of non-ortho nitro benzene ring substituents is 1. The minimum Gasteiger partial charge on any atom is -0.325 e. The summed E-state index contributed by atoms with van der Waals surface area (Å²) in [5, 5.41) is 13.2. The Hall–Kier alpha value is -1.81. The number of rotatable bonds is 4. The van der Waals surface area contributed by atoms with Crippen molar-refractivity contribution in [1.29, 1.82) is 0 Å². The third-order valence-corrected chi connectivity index (χ3v) is 8.95. The molecule has 4 rings (SSSR count). The zero-order valence-corrected chi connectivity index (χ0v) is 17.1. The number of carbonyl (C=O) groups is 3. The fraction of sp³-hybridized carbons (Fsp3) is 0.471. The second-order valence-electron chi connectivity index (χ2n) is 7.12. The van der Waals surface area contributed by atoms with Crippen molar-refractivity contribution < 1.29 is 19.3 Å². The molecule has 3 aliphatic rings. The Morgan fingerprint density at radius 1 is 1.11 bits per heavy atom. The van der Waals surface area contributed by atoms with Gasteiger partial charge in [0.1, 0.15) is 6.54 Å². The topological polar surface area (TPSA) is 110 Å². The molecule has 2 bridgehead atoms. The van der Waals surface area contributed by atoms with Gasteiger partial charge in [0.05, 0.1) is 16.8 Å². The molecule has 0 aromatic heterocycles. The number of fused-ring (bicyclic) bond motifs is 5. The molecule has 0 unspecified atom stereocenters. The Bertz CT molecular complexity index is 813. The van der Waals surface area contributed by atoms with Gasteiger partial charge in [-0.15, -0.1) is 0 Å². The first-order valence-electron chi connectivity index (χ1n) is 8.47. The van der Waals surface area contributed by atoms with E-state index in [0.29, 0.717) is 5.69 Å². The van der Waals surface area contributed by atoms with E-state index < -0.39 is 10.8 Å². The highest BCUT2D eigenvalue weighted by Crippen LogP contribution is 2.60. The van der Waals surface area contributed by atoms with Crippen molar-refractivity contribution in [3.63, 3.8) is 0 Å². The van der Waals surface area contributed by atoms with E-state index in [1.54, 1.807) is 0 Å². The normalized spacial score (nSPS) is 34.1. The zero-order valence-electron chi connectivity index (χ0n) is 13.9. The number of nitro groups is 1. The summed E-state index contributed by atoms with van der Waals surface area (Å²) in [5.74, 6) is -1.57. The van der Waals surface area contributed by atoms with Crippen LogP contribution >= 0.6 is 31.9 Å². The quantitative estimate of drug-likeness (QED) is 0.295. The maximum Gasteiger partial charge on any atom is 0.269 e. The fourth-order valence-electron chi connectivity index (χ4n) is 4.58. The maximum atomic E-state index is 12.8. The van der Waals surface area contributed by atoms with Crippen LogP contribution in [0, 0.1) is 33.8 Å². The summed E-state index contributed by atoms with van der Waals surface area (Å²) in [6.45, 7) is -0.346. The summed E-state index contributed by atoms with van der Waals surface area (Å²) >= 11 is 7.24.